The molecular formula is C22H38N4O2. The zero-order chi connectivity index (χ0) is 20.2. The summed E-state index contributed by atoms with van der Waals surface area (Å²) in [7, 11) is 3.51. The number of hydrogen-bond acceptors (Lipinski definition) is 4. The summed E-state index contributed by atoms with van der Waals surface area (Å²) in [6.45, 7) is 10.8. The van der Waals surface area contributed by atoms with Gasteiger partial charge >= 0.3 is 0 Å². The molecule has 2 N–H and O–H groups in total. The molecule has 0 spiro atoms. The second-order valence-corrected chi connectivity index (χ2v) is 7.47. The molecule has 0 aromatic heterocycles. The number of hydrogen-bond donors (Lipinski definition) is 2. The van der Waals surface area contributed by atoms with Crippen molar-refractivity contribution in [2.75, 3.05) is 53.6 Å². The number of rotatable bonds is 10. The lowest BCUT2D eigenvalue weighted by atomic mass is 9.93. The van der Waals surface area contributed by atoms with Gasteiger partial charge in [-0.1, -0.05) is 19.1 Å². The molecule has 1 heterocycles. The first-order chi connectivity index (χ1) is 13.7. The van der Waals surface area contributed by atoms with Crippen molar-refractivity contribution in [2.45, 2.75) is 39.7 Å². The van der Waals surface area contributed by atoms with E-state index in [-0.39, 0.29) is 0 Å². The van der Waals surface area contributed by atoms with E-state index in [9.17, 15) is 0 Å². The third-order valence-corrected chi connectivity index (χ3v) is 5.44. The van der Waals surface area contributed by atoms with Gasteiger partial charge in [0.1, 0.15) is 12.4 Å². The molecule has 1 aliphatic rings. The van der Waals surface area contributed by atoms with E-state index in [1.807, 2.05) is 7.05 Å². The van der Waals surface area contributed by atoms with Gasteiger partial charge in [0.25, 0.3) is 0 Å². The van der Waals surface area contributed by atoms with Crippen LogP contribution in [0.15, 0.2) is 23.2 Å². The van der Waals surface area contributed by atoms with Crippen LogP contribution in [0.25, 0.3) is 0 Å². The summed E-state index contributed by atoms with van der Waals surface area (Å²) < 4.78 is 11.0. The molecule has 1 fully saturated rings. The van der Waals surface area contributed by atoms with E-state index in [1.165, 1.54) is 44.5 Å². The molecule has 0 atom stereocenters. The first-order valence-electron chi connectivity index (χ1n) is 10.5. The number of benzene rings is 1. The fourth-order valence-electron chi connectivity index (χ4n) is 3.56. The SMILES string of the molecule is CCN1CCC(CCNC(=NC)NCc2ccc(C)cc2OCCOC)CC1. The van der Waals surface area contributed by atoms with E-state index in [2.05, 4.69) is 52.6 Å². The zero-order valence-corrected chi connectivity index (χ0v) is 18.1. The maximum Gasteiger partial charge on any atom is 0.191 e. The number of likely N-dealkylation sites (tertiary alicyclic amines) is 1. The van der Waals surface area contributed by atoms with Crippen LogP contribution in [0.4, 0.5) is 0 Å². The molecule has 1 aromatic rings. The van der Waals surface area contributed by atoms with E-state index >= 15 is 0 Å². The zero-order valence-electron chi connectivity index (χ0n) is 18.1. The molecule has 1 aromatic carbocycles. The standard InChI is InChI=1S/C22H38N4O2/c1-5-26-12-9-19(10-13-26)8-11-24-22(23-3)25-17-20-7-6-18(2)16-21(20)28-15-14-27-4/h6-7,16,19H,5,8-15,17H2,1-4H3,(H2,23,24,25). The van der Waals surface area contributed by atoms with Gasteiger partial charge in [0.15, 0.2) is 5.96 Å². The van der Waals surface area contributed by atoms with Gasteiger partial charge < -0.3 is 25.0 Å². The first kappa shape index (κ1) is 22.5. The predicted octanol–water partition coefficient (Wildman–Crippen LogP) is 2.81. The van der Waals surface area contributed by atoms with E-state index in [1.54, 1.807) is 7.11 Å². The maximum absolute atomic E-state index is 5.87. The Bertz CT molecular complexity index is 598. The van der Waals surface area contributed by atoms with Gasteiger partial charge in [-0.25, -0.2) is 0 Å². The average molecular weight is 391 g/mol. The summed E-state index contributed by atoms with van der Waals surface area (Å²) >= 11 is 0. The molecule has 158 valence electrons. The summed E-state index contributed by atoms with van der Waals surface area (Å²) in [5.41, 5.74) is 2.31. The Hall–Kier alpha value is -1.79. The van der Waals surface area contributed by atoms with E-state index < -0.39 is 0 Å². The van der Waals surface area contributed by atoms with Crippen molar-refractivity contribution in [1.29, 1.82) is 0 Å². The number of guanidine groups is 1. The van der Waals surface area contributed by atoms with Crippen molar-refractivity contribution >= 4 is 5.96 Å². The predicted molar refractivity (Wildman–Crippen MR) is 116 cm³/mol. The van der Waals surface area contributed by atoms with Gasteiger partial charge in [-0.3, -0.25) is 4.99 Å². The Balaban J connectivity index is 1.76. The van der Waals surface area contributed by atoms with Crippen molar-refractivity contribution in [1.82, 2.24) is 15.5 Å². The molecular weight excluding hydrogens is 352 g/mol. The maximum atomic E-state index is 5.87. The van der Waals surface area contributed by atoms with Crippen molar-refractivity contribution in [3.63, 3.8) is 0 Å². The molecule has 0 amide bonds. The average Bonchev–Trinajstić information content (AvgIpc) is 2.72. The molecule has 0 saturated carbocycles. The molecule has 0 bridgehead atoms. The van der Waals surface area contributed by atoms with E-state index in [4.69, 9.17) is 9.47 Å². The van der Waals surface area contributed by atoms with Crippen LogP contribution in [0.5, 0.6) is 5.75 Å². The van der Waals surface area contributed by atoms with Crippen LogP contribution < -0.4 is 15.4 Å². The van der Waals surface area contributed by atoms with Crippen LogP contribution in [-0.2, 0) is 11.3 Å². The number of aliphatic imine (C=N–C) groups is 1. The quantitative estimate of drug-likeness (QED) is 0.365. The lowest BCUT2D eigenvalue weighted by Crippen LogP contribution is -2.39. The van der Waals surface area contributed by atoms with Crippen molar-refractivity contribution < 1.29 is 9.47 Å². The number of ether oxygens (including phenoxy) is 2. The number of methoxy groups -OCH3 is 1. The third kappa shape index (κ3) is 7.68. The second-order valence-electron chi connectivity index (χ2n) is 7.47. The monoisotopic (exact) mass is 390 g/mol. The highest BCUT2D eigenvalue weighted by Gasteiger charge is 2.17. The fourth-order valence-corrected chi connectivity index (χ4v) is 3.56. The van der Waals surface area contributed by atoms with E-state index in [0.717, 1.165) is 29.7 Å². The minimum atomic E-state index is 0.552. The van der Waals surface area contributed by atoms with E-state index in [0.29, 0.717) is 19.8 Å². The molecule has 28 heavy (non-hydrogen) atoms. The van der Waals surface area contributed by atoms with Crippen LogP contribution >= 0.6 is 0 Å². The highest BCUT2D eigenvalue weighted by Crippen LogP contribution is 2.21. The fraction of sp³-hybridized carbons (Fsp3) is 0.682. The van der Waals surface area contributed by atoms with Gasteiger partial charge in [-0.15, -0.1) is 0 Å². The van der Waals surface area contributed by atoms with Gasteiger partial charge in [-0.05, 0) is 63.4 Å². The highest BCUT2D eigenvalue weighted by molar-refractivity contribution is 5.79. The van der Waals surface area contributed by atoms with Crippen molar-refractivity contribution in [2.24, 2.45) is 10.9 Å². The van der Waals surface area contributed by atoms with Crippen LogP contribution in [0.2, 0.25) is 0 Å². The second kappa shape index (κ2) is 12.6. The Morgan fingerprint density at radius 3 is 2.68 bits per heavy atom. The molecule has 1 aliphatic heterocycles. The van der Waals surface area contributed by atoms with Gasteiger partial charge in [0.2, 0.25) is 0 Å². The van der Waals surface area contributed by atoms with Gasteiger partial charge in [-0.2, -0.15) is 0 Å². The lowest BCUT2D eigenvalue weighted by Gasteiger charge is -2.31. The molecule has 0 aliphatic carbocycles. The minimum absolute atomic E-state index is 0.552. The number of aryl methyl sites for hydroxylation is 1. The van der Waals surface area contributed by atoms with Crippen LogP contribution in [0.1, 0.15) is 37.3 Å². The number of piperidine rings is 1. The molecule has 2 rings (SSSR count). The normalized spacial score (nSPS) is 16.2. The van der Waals surface area contributed by atoms with Crippen LogP contribution in [0.3, 0.4) is 0 Å². The topological polar surface area (TPSA) is 58.1 Å². The number of nitrogens with zero attached hydrogens (tertiary/aromatic N) is 2. The number of nitrogens with one attached hydrogen (secondary N) is 2. The summed E-state index contributed by atoms with van der Waals surface area (Å²) in [5, 5.41) is 6.87. The summed E-state index contributed by atoms with van der Waals surface area (Å²) in [5.74, 6) is 2.57. The van der Waals surface area contributed by atoms with Gasteiger partial charge in [0.05, 0.1) is 6.61 Å². The Morgan fingerprint density at radius 2 is 2.00 bits per heavy atom. The van der Waals surface area contributed by atoms with Crippen LogP contribution in [0, 0.1) is 12.8 Å². The summed E-state index contributed by atoms with van der Waals surface area (Å²) in [6, 6.07) is 6.30. The molecule has 0 radical (unpaired) electrons. The minimum Gasteiger partial charge on any atom is -0.491 e. The molecule has 1 saturated heterocycles. The lowest BCUT2D eigenvalue weighted by molar-refractivity contribution is 0.145. The molecule has 6 nitrogen and oxygen atoms in total. The third-order valence-electron chi connectivity index (χ3n) is 5.44. The van der Waals surface area contributed by atoms with Crippen molar-refractivity contribution in [3.05, 3.63) is 29.3 Å². The molecule has 6 heteroatoms. The molecule has 0 unspecified atom stereocenters. The first-order valence-corrected chi connectivity index (χ1v) is 10.5. The van der Waals surface area contributed by atoms with Crippen molar-refractivity contribution in [3.8, 4) is 5.75 Å². The Labute approximate surface area is 170 Å². The largest absolute Gasteiger partial charge is 0.491 e. The summed E-state index contributed by atoms with van der Waals surface area (Å²) in [4.78, 5) is 6.90. The smallest absolute Gasteiger partial charge is 0.191 e. The Kier molecular flexibility index (Phi) is 10.1. The highest BCUT2D eigenvalue weighted by atomic mass is 16.5. The Morgan fingerprint density at radius 1 is 1.21 bits per heavy atom. The summed E-state index contributed by atoms with van der Waals surface area (Å²) in [6.07, 6.45) is 3.83. The van der Waals surface area contributed by atoms with Gasteiger partial charge in [0, 0.05) is 32.8 Å². The van der Waals surface area contributed by atoms with Crippen LogP contribution in [-0.4, -0.2) is 64.4 Å².